The van der Waals surface area contributed by atoms with Gasteiger partial charge in [0.05, 0.1) is 22.7 Å². The van der Waals surface area contributed by atoms with Gasteiger partial charge in [-0.3, -0.25) is 0 Å². The first kappa shape index (κ1) is 15.5. The summed E-state index contributed by atoms with van der Waals surface area (Å²) in [5.41, 5.74) is 9.76. The van der Waals surface area contributed by atoms with E-state index >= 15 is 0 Å². The van der Waals surface area contributed by atoms with Crippen molar-refractivity contribution in [2.24, 2.45) is 0 Å². The number of rotatable bonds is 1. The molecule has 5 nitrogen and oxygen atoms in total. The van der Waals surface area contributed by atoms with Gasteiger partial charge in [-0.25, -0.2) is 4.98 Å². The lowest BCUT2D eigenvalue weighted by Crippen LogP contribution is -1.97. The maximum Gasteiger partial charge on any atom is 0.222 e. The first-order valence-electron chi connectivity index (χ1n) is 7.81. The number of aromatic amines is 1. The highest BCUT2D eigenvalue weighted by molar-refractivity contribution is 6.12. The van der Waals surface area contributed by atoms with Crippen LogP contribution in [0.25, 0.3) is 33.2 Å². The quantitative estimate of drug-likeness (QED) is 0.549. The van der Waals surface area contributed by atoms with Crippen LogP contribution in [0.4, 0.5) is 5.95 Å². The van der Waals surface area contributed by atoms with Gasteiger partial charge < -0.3 is 10.7 Å². The zero-order valence-corrected chi connectivity index (χ0v) is 13.5. The number of nitrogens with zero attached hydrogens (tertiary/aromatic N) is 3. The minimum absolute atomic E-state index is 0.221. The largest absolute Gasteiger partial charge is 0.368 e. The lowest BCUT2D eigenvalue weighted by molar-refractivity contribution is 1.22. The number of nitriles is 1. The predicted molar refractivity (Wildman–Crippen MR) is 97.3 cm³/mol. The Bertz CT molecular complexity index is 1040. The lowest BCUT2D eigenvalue weighted by atomic mass is 10.1. The van der Waals surface area contributed by atoms with Gasteiger partial charge in [-0.1, -0.05) is 44.2 Å². The van der Waals surface area contributed by atoms with E-state index in [1.165, 1.54) is 0 Å². The molecule has 0 aliphatic rings. The first-order chi connectivity index (χ1) is 11.8. The van der Waals surface area contributed by atoms with Crippen LogP contribution in [0.2, 0.25) is 0 Å². The Hall–Kier alpha value is -3.39. The monoisotopic (exact) mass is 315 g/mol. The van der Waals surface area contributed by atoms with Crippen molar-refractivity contribution >= 4 is 27.9 Å². The Labute approximate surface area is 139 Å². The molecule has 0 saturated heterocycles. The summed E-state index contributed by atoms with van der Waals surface area (Å²) in [4.78, 5) is 11.9. The molecule has 3 N–H and O–H groups in total. The molecule has 0 bridgehead atoms. The summed E-state index contributed by atoms with van der Waals surface area (Å²) in [7, 11) is 0. The second-order valence-electron chi connectivity index (χ2n) is 5.02. The molecule has 0 amide bonds. The molecule has 2 heterocycles. The normalized spacial score (nSPS) is 10.2. The van der Waals surface area contributed by atoms with Crippen molar-refractivity contribution in [2.75, 3.05) is 5.73 Å². The third-order valence-corrected chi connectivity index (χ3v) is 3.64. The number of hydrogen-bond acceptors (Lipinski definition) is 4. The molecular formula is C19H17N5. The minimum Gasteiger partial charge on any atom is -0.368 e. The van der Waals surface area contributed by atoms with Crippen LogP contribution in [0.3, 0.4) is 0 Å². The molecule has 118 valence electrons. The fourth-order valence-electron chi connectivity index (χ4n) is 2.69. The van der Waals surface area contributed by atoms with Gasteiger partial charge in [-0.2, -0.15) is 10.2 Å². The molecule has 5 heteroatoms. The number of aromatic nitrogens is 3. The van der Waals surface area contributed by atoms with E-state index < -0.39 is 0 Å². The van der Waals surface area contributed by atoms with Crippen LogP contribution in [0, 0.1) is 11.3 Å². The molecule has 4 rings (SSSR count). The summed E-state index contributed by atoms with van der Waals surface area (Å²) in [5.74, 6) is 0.221. The maximum absolute atomic E-state index is 9.13. The van der Waals surface area contributed by atoms with Gasteiger partial charge in [-0.05, 0) is 18.2 Å². The van der Waals surface area contributed by atoms with Gasteiger partial charge in [0.2, 0.25) is 5.95 Å². The summed E-state index contributed by atoms with van der Waals surface area (Å²) in [6.07, 6.45) is 0. The number of anilines is 1. The summed E-state index contributed by atoms with van der Waals surface area (Å²) in [5, 5.41) is 10.9. The van der Waals surface area contributed by atoms with Gasteiger partial charge in [0.15, 0.2) is 0 Å². The molecular weight excluding hydrogens is 298 g/mol. The molecule has 0 atom stereocenters. The molecule has 24 heavy (non-hydrogen) atoms. The van der Waals surface area contributed by atoms with Gasteiger partial charge in [-0.15, -0.1) is 0 Å². The Morgan fingerprint density at radius 1 is 1.04 bits per heavy atom. The van der Waals surface area contributed by atoms with E-state index in [1.54, 1.807) is 6.07 Å². The highest BCUT2D eigenvalue weighted by Gasteiger charge is 2.14. The summed E-state index contributed by atoms with van der Waals surface area (Å²) in [6, 6.07) is 17.5. The van der Waals surface area contributed by atoms with Crippen LogP contribution < -0.4 is 5.73 Å². The standard InChI is InChI=1S/C17H11N5.C2H6/c18-9-10-6-7-13-12(8-10)14-15(11-4-2-1-3-5-11)21-17(19)22-16(14)20-13;1-2/h1-8H,(H3,19,20,21,22);1-2H3. The second kappa shape index (κ2) is 6.39. The van der Waals surface area contributed by atoms with Crippen molar-refractivity contribution < 1.29 is 0 Å². The topological polar surface area (TPSA) is 91.4 Å². The number of benzene rings is 2. The van der Waals surface area contributed by atoms with E-state index in [1.807, 2.05) is 56.3 Å². The Balaban J connectivity index is 0.000000815. The Kier molecular flexibility index (Phi) is 4.13. The number of fused-ring (bicyclic) bond motifs is 3. The zero-order valence-electron chi connectivity index (χ0n) is 13.5. The molecule has 0 aliphatic heterocycles. The van der Waals surface area contributed by atoms with Gasteiger partial charge in [0.1, 0.15) is 5.65 Å². The van der Waals surface area contributed by atoms with Crippen molar-refractivity contribution in [3.8, 4) is 17.3 Å². The molecule has 0 radical (unpaired) electrons. The predicted octanol–water partition coefficient (Wildman–Crippen LogP) is 4.26. The number of nitrogens with two attached hydrogens (primary N) is 1. The maximum atomic E-state index is 9.13. The average Bonchev–Trinajstić information content (AvgIpc) is 3.00. The number of hydrogen-bond donors (Lipinski definition) is 2. The first-order valence-corrected chi connectivity index (χ1v) is 7.81. The number of H-pyrrole nitrogens is 1. The van der Waals surface area contributed by atoms with Crippen LogP contribution in [-0.2, 0) is 0 Å². The van der Waals surface area contributed by atoms with E-state index in [9.17, 15) is 0 Å². The summed E-state index contributed by atoms with van der Waals surface area (Å²) < 4.78 is 0. The third-order valence-electron chi connectivity index (χ3n) is 3.64. The lowest BCUT2D eigenvalue weighted by Gasteiger charge is -2.04. The number of nitrogen functional groups attached to an aromatic ring is 1. The van der Waals surface area contributed by atoms with Crippen molar-refractivity contribution in [1.82, 2.24) is 15.0 Å². The number of nitrogens with one attached hydrogen (secondary N) is 1. The van der Waals surface area contributed by atoms with Crippen molar-refractivity contribution in [2.45, 2.75) is 13.8 Å². The fourth-order valence-corrected chi connectivity index (χ4v) is 2.69. The molecule has 4 aromatic rings. The molecule has 2 aromatic heterocycles. The molecule has 0 aliphatic carbocycles. The van der Waals surface area contributed by atoms with E-state index in [0.717, 1.165) is 27.5 Å². The molecule has 0 fully saturated rings. The molecule has 0 spiro atoms. The molecule has 2 aromatic carbocycles. The van der Waals surface area contributed by atoms with Crippen LogP contribution in [0.15, 0.2) is 48.5 Å². The Morgan fingerprint density at radius 3 is 2.50 bits per heavy atom. The van der Waals surface area contributed by atoms with Crippen LogP contribution in [0.1, 0.15) is 19.4 Å². The highest BCUT2D eigenvalue weighted by atomic mass is 15.0. The molecule has 0 unspecified atom stereocenters. The van der Waals surface area contributed by atoms with Crippen molar-refractivity contribution in [3.63, 3.8) is 0 Å². The van der Waals surface area contributed by atoms with E-state index in [-0.39, 0.29) is 5.95 Å². The van der Waals surface area contributed by atoms with Gasteiger partial charge in [0.25, 0.3) is 0 Å². The SMILES string of the molecule is CC.N#Cc1ccc2[nH]c3nc(N)nc(-c4ccccc4)c3c2c1. The molecule has 0 saturated carbocycles. The third kappa shape index (κ3) is 2.55. The minimum atomic E-state index is 0.221. The smallest absolute Gasteiger partial charge is 0.222 e. The van der Waals surface area contributed by atoms with E-state index in [2.05, 4.69) is 21.0 Å². The summed E-state index contributed by atoms with van der Waals surface area (Å²) >= 11 is 0. The van der Waals surface area contributed by atoms with Crippen LogP contribution >= 0.6 is 0 Å². The van der Waals surface area contributed by atoms with Crippen LogP contribution in [-0.4, -0.2) is 15.0 Å². The summed E-state index contributed by atoms with van der Waals surface area (Å²) in [6.45, 7) is 4.00. The van der Waals surface area contributed by atoms with Crippen LogP contribution in [0.5, 0.6) is 0 Å². The van der Waals surface area contributed by atoms with E-state index in [4.69, 9.17) is 11.0 Å². The van der Waals surface area contributed by atoms with Crippen molar-refractivity contribution in [3.05, 3.63) is 54.1 Å². The zero-order chi connectivity index (χ0) is 17.1. The highest BCUT2D eigenvalue weighted by Crippen LogP contribution is 2.33. The second-order valence-corrected chi connectivity index (χ2v) is 5.02. The van der Waals surface area contributed by atoms with Crippen molar-refractivity contribution in [1.29, 1.82) is 5.26 Å². The van der Waals surface area contributed by atoms with Gasteiger partial charge >= 0.3 is 0 Å². The Morgan fingerprint density at radius 2 is 1.79 bits per heavy atom. The van der Waals surface area contributed by atoms with Gasteiger partial charge in [0, 0.05) is 16.5 Å². The fraction of sp³-hybridized carbons (Fsp3) is 0.105. The van der Waals surface area contributed by atoms with E-state index in [0.29, 0.717) is 11.2 Å². The average molecular weight is 315 g/mol.